The first kappa shape index (κ1) is 15.1. The van der Waals surface area contributed by atoms with Gasteiger partial charge in [-0.15, -0.1) is 0 Å². The number of aromatic nitrogens is 3. The van der Waals surface area contributed by atoms with Crippen LogP contribution in [0.4, 0.5) is 0 Å². The number of nitrogens with one attached hydrogen (secondary N) is 1. The Balaban J connectivity index is 1.72. The Morgan fingerprint density at radius 2 is 1.96 bits per heavy atom. The molecule has 0 aliphatic carbocycles. The van der Waals surface area contributed by atoms with Gasteiger partial charge >= 0.3 is 0 Å². The van der Waals surface area contributed by atoms with Crippen LogP contribution in [0, 0.1) is 0 Å². The molecule has 0 aliphatic rings. The van der Waals surface area contributed by atoms with Crippen molar-refractivity contribution < 1.29 is 9.53 Å². The van der Waals surface area contributed by atoms with E-state index in [1.807, 2.05) is 24.3 Å². The summed E-state index contributed by atoms with van der Waals surface area (Å²) in [5.74, 6) is 0.0629. The van der Waals surface area contributed by atoms with Crippen LogP contribution in [-0.4, -0.2) is 21.3 Å². The Morgan fingerprint density at radius 1 is 1.17 bits per heavy atom. The summed E-state index contributed by atoms with van der Waals surface area (Å²) < 4.78 is 5.70. The highest BCUT2D eigenvalue weighted by Gasteiger charge is 2.14. The van der Waals surface area contributed by atoms with Crippen LogP contribution in [0.25, 0.3) is 11.3 Å². The number of hydrogen-bond acceptors (Lipinski definition) is 4. The molecule has 0 fully saturated rings. The van der Waals surface area contributed by atoms with E-state index in [0.29, 0.717) is 23.1 Å². The fourth-order valence-electron chi connectivity index (χ4n) is 2.11. The van der Waals surface area contributed by atoms with Crippen LogP contribution in [0.15, 0.2) is 48.5 Å². The van der Waals surface area contributed by atoms with Crippen LogP contribution in [0.2, 0.25) is 5.02 Å². The van der Waals surface area contributed by atoms with Crippen molar-refractivity contribution in [1.82, 2.24) is 15.4 Å². The molecule has 0 saturated heterocycles. The Labute approximate surface area is 137 Å². The lowest BCUT2D eigenvalue weighted by atomic mass is 10.1. The van der Waals surface area contributed by atoms with Gasteiger partial charge in [-0.25, -0.2) is 0 Å². The summed E-state index contributed by atoms with van der Waals surface area (Å²) in [5.41, 5.74) is 7.48. The van der Waals surface area contributed by atoms with Crippen LogP contribution < -0.4 is 10.5 Å². The van der Waals surface area contributed by atoms with Gasteiger partial charge in [0.25, 0.3) is 5.91 Å². The number of carbonyl (C=O) groups excluding carboxylic acids is 1. The van der Waals surface area contributed by atoms with Crippen LogP contribution in [-0.2, 0) is 6.61 Å². The van der Waals surface area contributed by atoms with E-state index >= 15 is 0 Å². The summed E-state index contributed by atoms with van der Waals surface area (Å²) in [5, 5.41) is 10.8. The van der Waals surface area contributed by atoms with Crippen molar-refractivity contribution >= 4 is 17.5 Å². The Hall–Kier alpha value is -2.86. The summed E-state index contributed by atoms with van der Waals surface area (Å²) in [7, 11) is 0. The molecule has 1 aromatic heterocycles. The summed E-state index contributed by atoms with van der Waals surface area (Å²) in [6, 6.07) is 14.6. The van der Waals surface area contributed by atoms with Crippen molar-refractivity contribution in [3.05, 3.63) is 64.8 Å². The van der Waals surface area contributed by atoms with Crippen LogP contribution >= 0.6 is 11.6 Å². The summed E-state index contributed by atoms with van der Waals surface area (Å²) in [6.07, 6.45) is 0. The molecule has 0 bridgehead atoms. The highest BCUT2D eigenvalue weighted by molar-refractivity contribution is 6.30. The third-order valence-electron chi connectivity index (χ3n) is 3.20. The standard InChI is InChI=1S/C16H13ClN4O2/c17-12-3-1-2-10(8-12)9-23-13-6-4-11(5-7-13)14-15(16(18)22)20-21-19-14/h1-8H,9H2,(H2,18,22)(H,19,20,21). The smallest absolute Gasteiger partial charge is 0.271 e. The number of nitrogens with zero attached hydrogens (tertiary/aromatic N) is 2. The number of aromatic amines is 1. The monoisotopic (exact) mass is 328 g/mol. The van der Waals surface area contributed by atoms with Crippen LogP contribution in [0.3, 0.4) is 0 Å². The molecule has 0 radical (unpaired) electrons. The topological polar surface area (TPSA) is 93.9 Å². The van der Waals surface area contributed by atoms with Crippen molar-refractivity contribution in [2.24, 2.45) is 5.73 Å². The van der Waals surface area contributed by atoms with Gasteiger partial charge in [0.05, 0.1) is 0 Å². The fourth-order valence-corrected chi connectivity index (χ4v) is 2.32. The van der Waals surface area contributed by atoms with E-state index < -0.39 is 5.91 Å². The van der Waals surface area contributed by atoms with E-state index in [-0.39, 0.29) is 5.69 Å². The maximum atomic E-state index is 11.3. The maximum Gasteiger partial charge on any atom is 0.271 e. The molecule has 0 unspecified atom stereocenters. The molecular formula is C16H13ClN4O2. The molecular weight excluding hydrogens is 316 g/mol. The van der Waals surface area contributed by atoms with Gasteiger partial charge in [0, 0.05) is 10.6 Å². The van der Waals surface area contributed by atoms with Gasteiger partial charge < -0.3 is 10.5 Å². The van der Waals surface area contributed by atoms with Crippen molar-refractivity contribution in [1.29, 1.82) is 0 Å². The van der Waals surface area contributed by atoms with E-state index in [9.17, 15) is 4.79 Å². The lowest BCUT2D eigenvalue weighted by molar-refractivity contribution is 0.0996. The zero-order chi connectivity index (χ0) is 16.2. The third kappa shape index (κ3) is 3.49. The van der Waals surface area contributed by atoms with Gasteiger partial charge in [-0.05, 0) is 42.0 Å². The maximum absolute atomic E-state index is 11.3. The largest absolute Gasteiger partial charge is 0.489 e. The van der Waals surface area contributed by atoms with Gasteiger partial charge in [-0.1, -0.05) is 23.7 Å². The van der Waals surface area contributed by atoms with E-state index in [2.05, 4.69) is 15.4 Å². The van der Waals surface area contributed by atoms with Gasteiger partial charge in [0.1, 0.15) is 18.1 Å². The van der Waals surface area contributed by atoms with E-state index in [0.717, 1.165) is 11.1 Å². The van der Waals surface area contributed by atoms with Crippen molar-refractivity contribution in [2.75, 3.05) is 0 Å². The number of rotatable bonds is 5. The molecule has 1 heterocycles. The average Bonchev–Trinajstić information content (AvgIpc) is 3.03. The number of carbonyl (C=O) groups is 1. The van der Waals surface area contributed by atoms with E-state index in [4.69, 9.17) is 22.1 Å². The first-order chi connectivity index (χ1) is 11.1. The summed E-state index contributed by atoms with van der Waals surface area (Å²) in [6.45, 7) is 0.413. The quantitative estimate of drug-likeness (QED) is 0.753. The first-order valence-corrected chi connectivity index (χ1v) is 7.19. The number of H-pyrrole nitrogens is 1. The lowest BCUT2D eigenvalue weighted by Gasteiger charge is -2.07. The number of hydrogen-bond donors (Lipinski definition) is 2. The lowest BCUT2D eigenvalue weighted by Crippen LogP contribution is -2.12. The van der Waals surface area contributed by atoms with E-state index in [1.165, 1.54) is 0 Å². The molecule has 116 valence electrons. The molecule has 0 atom stereocenters. The van der Waals surface area contributed by atoms with Gasteiger partial charge in [0.15, 0.2) is 5.69 Å². The molecule has 2 aromatic carbocycles. The van der Waals surface area contributed by atoms with Gasteiger partial charge in [-0.3, -0.25) is 4.79 Å². The Morgan fingerprint density at radius 3 is 2.65 bits per heavy atom. The zero-order valence-corrected chi connectivity index (χ0v) is 12.7. The van der Waals surface area contributed by atoms with Crippen molar-refractivity contribution in [3.63, 3.8) is 0 Å². The second-order valence-electron chi connectivity index (χ2n) is 4.83. The highest BCUT2D eigenvalue weighted by Crippen LogP contribution is 2.23. The molecule has 0 aliphatic heterocycles. The second kappa shape index (κ2) is 6.50. The first-order valence-electron chi connectivity index (χ1n) is 6.82. The molecule has 0 saturated carbocycles. The molecule has 7 heteroatoms. The fraction of sp³-hybridized carbons (Fsp3) is 0.0625. The third-order valence-corrected chi connectivity index (χ3v) is 3.44. The molecule has 3 rings (SSSR count). The Kier molecular flexibility index (Phi) is 4.25. The number of benzene rings is 2. The number of amides is 1. The minimum absolute atomic E-state index is 0.109. The predicted molar refractivity (Wildman–Crippen MR) is 86.1 cm³/mol. The average molecular weight is 329 g/mol. The van der Waals surface area contributed by atoms with Crippen molar-refractivity contribution in [3.8, 4) is 17.0 Å². The van der Waals surface area contributed by atoms with Crippen LogP contribution in [0.1, 0.15) is 16.1 Å². The summed E-state index contributed by atoms with van der Waals surface area (Å²) >= 11 is 5.94. The minimum atomic E-state index is -0.630. The molecule has 1 amide bonds. The molecule has 0 spiro atoms. The van der Waals surface area contributed by atoms with Crippen LogP contribution in [0.5, 0.6) is 5.75 Å². The second-order valence-corrected chi connectivity index (χ2v) is 5.26. The van der Waals surface area contributed by atoms with Gasteiger partial charge in [-0.2, -0.15) is 15.4 Å². The normalized spacial score (nSPS) is 10.5. The molecule has 3 N–H and O–H groups in total. The highest BCUT2D eigenvalue weighted by atomic mass is 35.5. The van der Waals surface area contributed by atoms with Gasteiger partial charge in [0.2, 0.25) is 0 Å². The predicted octanol–water partition coefficient (Wildman–Crippen LogP) is 2.80. The number of nitrogens with two attached hydrogens (primary N) is 1. The number of primary amides is 1. The zero-order valence-electron chi connectivity index (χ0n) is 12.0. The number of ether oxygens (including phenoxy) is 1. The van der Waals surface area contributed by atoms with Crippen molar-refractivity contribution in [2.45, 2.75) is 6.61 Å². The summed E-state index contributed by atoms with van der Waals surface area (Å²) in [4.78, 5) is 11.3. The SMILES string of the molecule is NC(=O)c1n[nH]nc1-c1ccc(OCc2cccc(Cl)c2)cc1. The molecule has 6 nitrogen and oxygen atoms in total. The molecule has 23 heavy (non-hydrogen) atoms. The van der Waals surface area contributed by atoms with E-state index in [1.54, 1.807) is 24.3 Å². The molecule has 3 aromatic rings. The number of halogens is 1. The Bertz CT molecular complexity index is 830. The minimum Gasteiger partial charge on any atom is -0.489 e.